The minimum absolute atomic E-state index is 0.0584. The molecular formula is C36H32F2N6O6. The number of hydrogen-bond donors (Lipinski definition) is 1. The van der Waals surface area contributed by atoms with E-state index in [1.807, 2.05) is 0 Å². The lowest BCUT2D eigenvalue weighted by molar-refractivity contribution is 0.0514. The van der Waals surface area contributed by atoms with Crippen LogP contribution in [0.15, 0.2) is 90.1 Å². The lowest BCUT2D eigenvalue weighted by atomic mass is 10.1. The molecule has 0 fully saturated rings. The molecule has 1 N–H and O–H groups in total. The summed E-state index contributed by atoms with van der Waals surface area (Å²) < 4.78 is 50.1. The van der Waals surface area contributed by atoms with Gasteiger partial charge < -0.3 is 19.5 Å². The number of aryl methyl sites for hydroxylation is 1. The molecule has 0 radical (unpaired) electrons. The normalized spacial score (nSPS) is 11.4. The number of halogens is 2. The lowest BCUT2D eigenvalue weighted by Crippen LogP contribution is -2.29. The third kappa shape index (κ3) is 6.95. The number of hydrogen-bond acceptors (Lipinski definition) is 8. The number of amides is 1. The molecule has 0 unspecified atom stereocenters. The van der Waals surface area contributed by atoms with Gasteiger partial charge in [0.05, 0.1) is 30.2 Å². The monoisotopic (exact) mass is 682 g/mol. The molecule has 0 aliphatic rings. The van der Waals surface area contributed by atoms with Gasteiger partial charge in [-0.15, -0.1) is 0 Å². The Kier molecular flexibility index (Phi) is 8.93. The Morgan fingerprint density at radius 1 is 0.920 bits per heavy atom. The van der Waals surface area contributed by atoms with Crippen molar-refractivity contribution in [3.05, 3.63) is 113 Å². The highest BCUT2D eigenvalue weighted by Gasteiger charge is 2.22. The van der Waals surface area contributed by atoms with Gasteiger partial charge in [0.15, 0.2) is 11.6 Å². The zero-order valence-corrected chi connectivity index (χ0v) is 27.7. The number of aromatic nitrogens is 5. The number of benzene rings is 3. The van der Waals surface area contributed by atoms with Crippen molar-refractivity contribution in [2.75, 3.05) is 11.9 Å². The van der Waals surface area contributed by atoms with Crippen LogP contribution in [0.4, 0.5) is 19.3 Å². The number of nitrogens with one attached hydrogen (secondary N) is 1. The molecule has 3 aromatic heterocycles. The molecule has 256 valence electrons. The van der Waals surface area contributed by atoms with E-state index in [1.54, 1.807) is 57.8 Å². The second kappa shape index (κ2) is 13.3. The number of rotatable bonds is 8. The summed E-state index contributed by atoms with van der Waals surface area (Å²) in [6, 6.07) is 15.2. The fourth-order valence-corrected chi connectivity index (χ4v) is 5.13. The second-order valence-electron chi connectivity index (χ2n) is 12.2. The zero-order valence-electron chi connectivity index (χ0n) is 27.7. The summed E-state index contributed by atoms with van der Waals surface area (Å²) in [5.74, 6) is -1.85. The highest BCUT2D eigenvalue weighted by atomic mass is 19.1. The third-order valence-corrected chi connectivity index (χ3v) is 7.40. The maximum atomic E-state index is 15.6. The molecule has 1 amide bonds. The van der Waals surface area contributed by atoms with E-state index < -0.39 is 34.8 Å². The van der Waals surface area contributed by atoms with E-state index in [0.717, 1.165) is 26.2 Å². The van der Waals surface area contributed by atoms with Gasteiger partial charge in [0.25, 0.3) is 11.5 Å². The number of pyridine rings is 1. The number of ether oxygens (including phenoxy) is 3. The summed E-state index contributed by atoms with van der Waals surface area (Å²) in [5.41, 5.74) is 0.412. The van der Waals surface area contributed by atoms with Crippen molar-refractivity contribution < 1.29 is 32.6 Å². The van der Waals surface area contributed by atoms with E-state index in [2.05, 4.69) is 15.5 Å². The van der Waals surface area contributed by atoms with Gasteiger partial charge in [0.2, 0.25) is 5.88 Å². The van der Waals surface area contributed by atoms with E-state index in [9.17, 15) is 18.8 Å². The van der Waals surface area contributed by atoms with E-state index in [1.165, 1.54) is 60.9 Å². The number of anilines is 1. The Bertz CT molecular complexity index is 2300. The minimum Gasteiger partial charge on any atom is -0.479 e. The van der Waals surface area contributed by atoms with Crippen LogP contribution in [0, 0.1) is 11.6 Å². The summed E-state index contributed by atoms with van der Waals surface area (Å²) >= 11 is 0. The van der Waals surface area contributed by atoms with Crippen molar-refractivity contribution in [1.29, 1.82) is 0 Å². The fraction of sp³-hybridized carbons (Fsp3) is 0.194. The molecule has 0 aliphatic carbocycles. The molecule has 0 bridgehead atoms. The third-order valence-electron chi connectivity index (χ3n) is 7.40. The summed E-state index contributed by atoms with van der Waals surface area (Å²) in [5, 5.41) is 11.7. The Morgan fingerprint density at radius 2 is 1.68 bits per heavy atom. The van der Waals surface area contributed by atoms with Crippen LogP contribution < -0.4 is 20.3 Å². The number of carbonyl (C=O) groups excluding carboxylic acids is 2. The molecule has 0 aliphatic heterocycles. The highest BCUT2D eigenvalue weighted by molar-refractivity contribution is 6.04. The van der Waals surface area contributed by atoms with Gasteiger partial charge in [-0.2, -0.15) is 14.9 Å². The Balaban J connectivity index is 1.28. The molecule has 12 nitrogen and oxygen atoms in total. The second-order valence-corrected chi connectivity index (χ2v) is 12.2. The Hall–Kier alpha value is -6.31. The van der Waals surface area contributed by atoms with Crippen LogP contribution in [0.5, 0.6) is 17.4 Å². The molecule has 0 saturated heterocycles. The number of nitrogens with zero attached hydrogens (tertiary/aromatic N) is 5. The predicted molar refractivity (Wildman–Crippen MR) is 181 cm³/mol. The van der Waals surface area contributed by atoms with Crippen molar-refractivity contribution in [1.82, 2.24) is 24.1 Å². The molecule has 0 saturated carbocycles. The van der Waals surface area contributed by atoms with Gasteiger partial charge in [-0.1, -0.05) is 0 Å². The van der Waals surface area contributed by atoms with Crippen molar-refractivity contribution >= 4 is 28.6 Å². The Labute approximate surface area is 284 Å². The molecule has 0 spiro atoms. The first kappa shape index (κ1) is 33.6. The van der Waals surface area contributed by atoms with Gasteiger partial charge >= 0.3 is 6.09 Å². The van der Waals surface area contributed by atoms with Crippen LogP contribution >= 0.6 is 0 Å². The molecule has 6 aromatic rings. The molecule has 50 heavy (non-hydrogen) atoms. The average Bonchev–Trinajstić information content (AvgIpc) is 3.69. The van der Waals surface area contributed by atoms with Gasteiger partial charge in [-0.05, 0) is 88.4 Å². The smallest absolute Gasteiger partial charge is 0.435 e. The molecular weight excluding hydrogens is 650 g/mol. The van der Waals surface area contributed by atoms with Gasteiger partial charge in [0.1, 0.15) is 22.7 Å². The van der Waals surface area contributed by atoms with Gasteiger partial charge in [-0.3, -0.25) is 14.3 Å². The maximum Gasteiger partial charge on any atom is 0.435 e. The summed E-state index contributed by atoms with van der Waals surface area (Å²) in [6.07, 6.45) is 3.92. The van der Waals surface area contributed by atoms with Gasteiger partial charge in [-0.25, -0.2) is 18.1 Å². The first-order valence-electron chi connectivity index (χ1n) is 15.5. The molecule has 14 heteroatoms. The SMILES string of the molecule is CCOc1ccc(C(=O)Nc2ccc(Oc3cc4cnn(C)c4cc3-c3cnn(C(=O)OC(C)(C)C)c3)c(F)c2)c(=O)n1-c1ccc(F)cc1. The van der Waals surface area contributed by atoms with E-state index in [4.69, 9.17) is 14.2 Å². The lowest BCUT2D eigenvalue weighted by Gasteiger charge is -2.18. The van der Waals surface area contributed by atoms with Crippen molar-refractivity contribution in [2.45, 2.75) is 33.3 Å². The molecule has 0 atom stereocenters. The van der Waals surface area contributed by atoms with Crippen LogP contribution in [-0.4, -0.2) is 48.3 Å². The standard InChI is InChI=1S/C36H32F2N6O6/c1-6-48-32-14-12-26(34(46)44(32)25-10-7-23(37)8-11-25)33(45)41-24-9-13-30(28(38)16-24)49-31-15-21-18-39-42(5)29(21)17-27(31)22-19-40-43(20-22)35(47)50-36(2,3)4/h7-20H,6H2,1-5H3,(H,41,45). The largest absolute Gasteiger partial charge is 0.479 e. The first-order chi connectivity index (χ1) is 23.8. The van der Waals surface area contributed by atoms with E-state index >= 15 is 4.39 Å². The van der Waals surface area contributed by atoms with E-state index in [-0.39, 0.29) is 35.2 Å². The minimum atomic E-state index is -0.806. The fourth-order valence-electron chi connectivity index (χ4n) is 5.13. The van der Waals surface area contributed by atoms with Gasteiger partial charge in [0, 0.05) is 41.5 Å². The van der Waals surface area contributed by atoms with Crippen molar-refractivity contribution in [2.24, 2.45) is 7.05 Å². The van der Waals surface area contributed by atoms with Crippen LogP contribution in [0.3, 0.4) is 0 Å². The quantitative estimate of drug-likeness (QED) is 0.180. The van der Waals surface area contributed by atoms with Crippen molar-refractivity contribution in [3.63, 3.8) is 0 Å². The highest BCUT2D eigenvalue weighted by Crippen LogP contribution is 2.38. The number of carbonyl (C=O) groups is 2. The molecule has 3 aromatic carbocycles. The Morgan fingerprint density at radius 3 is 2.38 bits per heavy atom. The zero-order chi connectivity index (χ0) is 35.7. The predicted octanol–water partition coefficient (Wildman–Crippen LogP) is 7.09. The van der Waals surface area contributed by atoms with Crippen LogP contribution in [-0.2, 0) is 11.8 Å². The summed E-state index contributed by atoms with van der Waals surface area (Å²) in [4.78, 5) is 39.3. The van der Waals surface area contributed by atoms with Crippen LogP contribution in [0.1, 0.15) is 38.1 Å². The van der Waals surface area contributed by atoms with E-state index in [0.29, 0.717) is 16.8 Å². The summed E-state index contributed by atoms with van der Waals surface area (Å²) in [7, 11) is 1.77. The van der Waals surface area contributed by atoms with Crippen LogP contribution in [0.2, 0.25) is 0 Å². The topological polar surface area (TPSA) is 132 Å². The number of fused-ring (bicyclic) bond motifs is 1. The molecule has 6 rings (SSSR count). The van der Waals surface area contributed by atoms with Crippen LogP contribution in [0.25, 0.3) is 27.7 Å². The maximum absolute atomic E-state index is 15.6. The first-order valence-corrected chi connectivity index (χ1v) is 15.5. The molecule has 3 heterocycles. The summed E-state index contributed by atoms with van der Waals surface area (Å²) in [6.45, 7) is 7.21. The van der Waals surface area contributed by atoms with Crippen molar-refractivity contribution in [3.8, 4) is 34.2 Å². The average molecular weight is 683 g/mol.